The van der Waals surface area contributed by atoms with Crippen LogP contribution in [0.15, 0.2) is 97.1 Å². The van der Waals surface area contributed by atoms with Crippen LogP contribution < -0.4 is 0 Å². The highest BCUT2D eigenvalue weighted by molar-refractivity contribution is 7.94. The number of rotatable bonds is 42. The Kier molecular flexibility index (Phi) is 30.2. The van der Waals surface area contributed by atoms with E-state index < -0.39 is 29.0 Å². The summed E-state index contributed by atoms with van der Waals surface area (Å²) in [6, 6.07) is 39.5. The first kappa shape index (κ1) is 73.1. The molecule has 0 saturated carbocycles. The van der Waals surface area contributed by atoms with Crippen LogP contribution in [0, 0.1) is 23.7 Å². The van der Waals surface area contributed by atoms with Gasteiger partial charge in [0.15, 0.2) is 0 Å². The lowest BCUT2D eigenvalue weighted by Gasteiger charge is -2.49. The summed E-state index contributed by atoms with van der Waals surface area (Å²) in [4.78, 5) is 2.41. The molecule has 0 unspecified atom stereocenters. The molecular weight excluding hydrogens is 1170 g/mol. The quantitative estimate of drug-likeness (QED) is 0.0203. The monoisotopic (exact) mass is 1300 g/mol. The van der Waals surface area contributed by atoms with Crippen molar-refractivity contribution in [3.63, 3.8) is 0 Å². The molecule has 7 aromatic rings. The van der Waals surface area contributed by atoms with Crippen molar-refractivity contribution in [1.82, 2.24) is 0 Å². The maximum atomic E-state index is 4.85. The van der Waals surface area contributed by atoms with E-state index in [-0.39, 0.29) is 9.79 Å². The van der Waals surface area contributed by atoms with Gasteiger partial charge in [-0.1, -0.05) is 221 Å². The zero-order valence-electron chi connectivity index (χ0n) is 58.3. The van der Waals surface area contributed by atoms with Crippen molar-refractivity contribution in [2.45, 2.75) is 247 Å². The second kappa shape index (κ2) is 36.3. The molecule has 6 heteroatoms. The van der Waals surface area contributed by atoms with Gasteiger partial charge in [-0.3, -0.25) is 0 Å². The standard InChI is InChI=1S/C82H124P4S2/c1-13-25-57-83(58-26-14-2,59-27-15-3)81(69-45-39-37-40-46-69,84(60-28-16-4,61-29-17-5)62-30-18-6)55-53-75-79-71-49-43-52-74-78(71)80(72-50-44-51-73(87-75)77(72)79)76(88-74)54-56-82(70-47-41-38-42-48-70,85(63-31-19-7,64-32-20-8)65-33-21-9)86(66-34-22-10,67-35-23-11)68-36-24-12/h37-52H,13-36,57-68H2,1-12H3/q+4. The lowest BCUT2D eigenvalue weighted by atomic mass is 9.94. The van der Waals surface area contributed by atoms with Crippen molar-refractivity contribution >= 4 is 93.4 Å². The lowest BCUT2D eigenvalue weighted by Crippen LogP contribution is -2.39. The molecule has 0 amide bonds. The Labute approximate surface area is 552 Å². The average molecular weight is 1300 g/mol. The summed E-state index contributed by atoms with van der Waals surface area (Å²) in [7, 11) is -7.09. The summed E-state index contributed by atoms with van der Waals surface area (Å²) in [6.07, 6.45) is 47.6. The number of hydrogen-bond acceptors (Lipinski definition) is 2. The second-order valence-corrected chi connectivity index (χ2v) is 47.1. The fourth-order valence-electron chi connectivity index (χ4n) is 16.5. The van der Waals surface area contributed by atoms with Crippen LogP contribution in [0.2, 0.25) is 0 Å². The fourth-order valence-corrected chi connectivity index (χ4v) is 51.0. The topological polar surface area (TPSA) is 0 Å². The predicted molar refractivity (Wildman–Crippen MR) is 418 cm³/mol. The maximum Gasteiger partial charge on any atom is 0.260 e. The molecule has 0 nitrogen and oxygen atoms in total. The average Bonchev–Trinajstić information content (AvgIpc) is 1.11. The van der Waals surface area contributed by atoms with Crippen LogP contribution in [0.5, 0.6) is 0 Å². The van der Waals surface area contributed by atoms with Crippen molar-refractivity contribution < 1.29 is 0 Å². The van der Waals surface area contributed by atoms with Gasteiger partial charge in [0.2, 0.25) is 0 Å². The highest BCUT2D eigenvalue weighted by Gasteiger charge is 2.73. The number of hydrogen-bond donors (Lipinski definition) is 0. The summed E-state index contributed by atoms with van der Waals surface area (Å²) in [5, 5.41) is 8.54. The first-order valence-corrected chi connectivity index (χ1v) is 47.8. The van der Waals surface area contributed by atoms with Crippen LogP contribution in [0.4, 0.5) is 0 Å². The van der Waals surface area contributed by atoms with Crippen molar-refractivity contribution in [2.24, 2.45) is 0 Å². The summed E-state index contributed by atoms with van der Waals surface area (Å²) in [6.45, 7) is 29.7. The molecule has 88 heavy (non-hydrogen) atoms. The number of fused-ring (bicyclic) bond motifs is 2. The minimum Gasteiger partial charge on any atom is -0.126 e. The summed E-state index contributed by atoms with van der Waals surface area (Å²) in [5.74, 6) is 18.7. The van der Waals surface area contributed by atoms with Gasteiger partial charge >= 0.3 is 0 Å². The van der Waals surface area contributed by atoms with E-state index in [1.54, 1.807) is 11.1 Å². The van der Waals surface area contributed by atoms with Crippen LogP contribution in [0.1, 0.15) is 258 Å². The molecule has 5 aromatic carbocycles. The number of benzene rings is 5. The Morgan fingerprint density at radius 1 is 0.273 bits per heavy atom. The second-order valence-electron chi connectivity index (χ2n) is 27.1. The van der Waals surface area contributed by atoms with Crippen molar-refractivity contribution in [1.29, 1.82) is 0 Å². The van der Waals surface area contributed by atoms with Gasteiger partial charge in [-0.25, -0.2) is 0 Å². The molecule has 0 radical (unpaired) electrons. The number of thiophene rings is 2. The maximum absolute atomic E-state index is 4.85. The molecule has 2 aromatic heterocycles. The molecule has 0 aliphatic heterocycles. The van der Waals surface area contributed by atoms with Crippen molar-refractivity contribution in [3.05, 3.63) is 118 Å². The minimum absolute atomic E-state index is 0.110. The first-order valence-electron chi connectivity index (χ1n) is 36.8. The molecule has 0 bridgehead atoms. The fraction of sp³-hybridized carbons (Fsp3) is 0.610. The van der Waals surface area contributed by atoms with Crippen molar-refractivity contribution in [3.8, 4) is 23.7 Å². The third-order valence-corrected chi connectivity index (χ3v) is 49.3. The molecule has 0 saturated heterocycles. The van der Waals surface area contributed by atoms with E-state index in [0.717, 1.165) is 0 Å². The molecule has 0 atom stereocenters. The van der Waals surface area contributed by atoms with E-state index >= 15 is 0 Å². The van der Waals surface area contributed by atoms with E-state index in [4.69, 9.17) is 11.8 Å². The summed E-state index contributed by atoms with van der Waals surface area (Å²) in [5.41, 5.74) is 3.22. The third-order valence-electron chi connectivity index (χ3n) is 21.0. The van der Waals surface area contributed by atoms with Gasteiger partial charge in [0.1, 0.15) is 0 Å². The van der Waals surface area contributed by atoms with Crippen LogP contribution >= 0.6 is 51.7 Å². The Balaban J connectivity index is 1.68. The van der Waals surface area contributed by atoms with Crippen LogP contribution in [-0.2, 0) is 9.79 Å². The molecule has 480 valence electrons. The van der Waals surface area contributed by atoms with Gasteiger partial charge in [-0.05, 0) is 148 Å². The Bertz CT molecular complexity index is 2880. The highest BCUT2D eigenvalue weighted by atomic mass is 32.1. The molecule has 2 heterocycles. The predicted octanol–water partition coefficient (Wildman–Crippen LogP) is 27.9. The molecule has 0 aliphatic rings. The molecule has 0 N–H and O–H groups in total. The third kappa shape index (κ3) is 15.2. The zero-order chi connectivity index (χ0) is 62.9. The van der Waals surface area contributed by atoms with Gasteiger partial charge in [0, 0.05) is 42.1 Å². The first-order chi connectivity index (χ1) is 43.1. The van der Waals surface area contributed by atoms with E-state index in [2.05, 4.69) is 192 Å². The van der Waals surface area contributed by atoms with E-state index in [9.17, 15) is 0 Å². The molecule has 7 rings (SSSR count). The van der Waals surface area contributed by atoms with E-state index in [0.29, 0.717) is 0 Å². The lowest BCUT2D eigenvalue weighted by molar-refractivity contribution is 0.795. The normalized spacial score (nSPS) is 12.9. The molecule has 0 aliphatic carbocycles. The van der Waals surface area contributed by atoms with Gasteiger partial charge in [0.25, 0.3) is 9.79 Å². The Morgan fingerprint density at radius 3 is 0.716 bits per heavy atom. The summed E-state index contributed by atoms with van der Waals surface area (Å²) >= 11 is 4.05. The van der Waals surface area contributed by atoms with E-state index in [1.165, 1.54) is 280 Å². The van der Waals surface area contributed by atoms with Crippen LogP contribution in [0.25, 0.3) is 41.7 Å². The Morgan fingerprint density at radius 2 is 0.500 bits per heavy atom. The highest BCUT2D eigenvalue weighted by Crippen LogP contribution is 2.93. The van der Waals surface area contributed by atoms with E-state index in [1.807, 2.05) is 22.7 Å². The zero-order valence-corrected chi connectivity index (χ0v) is 63.5. The molecule has 0 spiro atoms. The van der Waals surface area contributed by atoms with Crippen LogP contribution in [0.3, 0.4) is 0 Å². The largest absolute Gasteiger partial charge is 0.260 e. The van der Waals surface area contributed by atoms with Crippen molar-refractivity contribution in [2.75, 3.05) is 73.9 Å². The molecule has 0 fully saturated rings. The van der Waals surface area contributed by atoms with Gasteiger partial charge in [-0.15, -0.1) is 22.7 Å². The SMILES string of the molecule is CCCC[P+](CCCC)(CCCC)C(C#Cc1sc2cccc3c4c(C#CC(c5ccccc5)([P+](CCCC)(CCCC)CCCC)[P+](CCCC)(CCCC)CCCC)sc5cccc(c1c23)c54)(c1ccccc1)[P+](CCCC)(CCCC)CCCC. The van der Waals surface area contributed by atoms with Gasteiger partial charge in [0.05, 0.1) is 113 Å². The van der Waals surface area contributed by atoms with Gasteiger partial charge < -0.3 is 0 Å². The van der Waals surface area contributed by atoms with Gasteiger partial charge in [-0.2, -0.15) is 0 Å². The van der Waals surface area contributed by atoms with Crippen LogP contribution in [-0.4, -0.2) is 73.9 Å². The smallest absolute Gasteiger partial charge is 0.126 e. The minimum atomic E-state index is -1.77. The molecular formula is C82H124P4S2+4. The Hall–Kier alpha value is -2.36. The summed E-state index contributed by atoms with van der Waals surface area (Å²) < 4.78 is 2.79. The number of unbranched alkanes of at least 4 members (excludes halogenated alkanes) is 12.